The summed E-state index contributed by atoms with van der Waals surface area (Å²) in [5.74, 6) is -2.59. The van der Waals surface area contributed by atoms with Crippen LogP contribution in [0.2, 0.25) is 10.0 Å². The van der Waals surface area contributed by atoms with Gasteiger partial charge in [0.25, 0.3) is 5.91 Å². The maximum atomic E-state index is 15.6. The van der Waals surface area contributed by atoms with E-state index in [1.807, 2.05) is 84.9 Å². The predicted octanol–water partition coefficient (Wildman–Crippen LogP) is 8.22. The maximum absolute atomic E-state index is 15.6. The van der Waals surface area contributed by atoms with Crippen molar-refractivity contribution in [2.24, 2.45) is 5.41 Å². The largest absolute Gasteiger partial charge is 0.273 e. The number of hydrogen-bond donors (Lipinski definition) is 0. The first kappa shape index (κ1) is 26.9. The normalized spacial score (nSPS) is 27.3. The molecule has 0 spiro atoms. The van der Waals surface area contributed by atoms with Crippen LogP contribution in [0.1, 0.15) is 45.7 Å². The summed E-state index contributed by atoms with van der Waals surface area (Å²) in [6, 6.07) is 35.3. The Morgan fingerprint density at radius 1 is 0.622 bits per heavy atom. The molecular formula is C37H23Cl2FN2O3. The first-order valence-electron chi connectivity index (χ1n) is 14.7. The number of anilines is 2. The van der Waals surface area contributed by atoms with E-state index in [4.69, 9.17) is 28.0 Å². The third kappa shape index (κ3) is 3.17. The summed E-state index contributed by atoms with van der Waals surface area (Å²) in [5, 5.41) is 2.51. The maximum Gasteiger partial charge on any atom is 0.271 e. The number of benzene rings is 5. The van der Waals surface area contributed by atoms with Gasteiger partial charge in [-0.15, -0.1) is 0 Å². The molecule has 10 rings (SSSR count). The van der Waals surface area contributed by atoms with Gasteiger partial charge in [0, 0.05) is 16.0 Å². The van der Waals surface area contributed by atoms with E-state index in [-0.39, 0.29) is 5.69 Å². The lowest BCUT2D eigenvalue weighted by molar-refractivity contribution is -0.153. The minimum atomic E-state index is -1.70. The fraction of sp³-hybridized carbons (Fsp3) is 0.135. The molecule has 5 aromatic carbocycles. The van der Waals surface area contributed by atoms with Gasteiger partial charge in [0.2, 0.25) is 11.5 Å². The number of hydrogen-bond acceptors (Lipinski definition) is 4. The summed E-state index contributed by atoms with van der Waals surface area (Å²) in [5.41, 5.74) is 2.16. The van der Waals surface area contributed by atoms with Crippen molar-refractivity contribution in [2.45, 2.75) is 23.5 Å². The summed E-state index contributed by atoms with van der Waals surface area (Å²) in [6.07, 6.45) is 0. The molecule has 0 radical (unpaired) electrons. The first-order valence-corrected chi connectivity index (χ1v) is 15.5. The van der Waals surface area contributed by atoms with Gasteiger partial charge in [-0.25, -0.2) is 14.4 Å². The van der Waals surface area contributed by atoms with Gasteiger partial charge < -0.3 is 0 Å². The van der Waals surface area contributed by atoms with E-state index in [9.17, 15) is 4.39 Å². The average Bonchev–Trinajstić information content (AvgIpc) is 3.49. The highest BCUT2D eigenvalue weighted by Crippen LogP contribution is 2.78. The number of imide groups is 1. The number of carbonyl (C=O) groups excluding carboxylic acids is 2. The molecule has 220 valence electrons. The highest BCUT2D eigenvalue weighted by molar-refractivity contribution is 6.35. The van der Waals surface area contributed by atoms with Crippen molar-refractivity contribution < 1.29 is 18.8 Å². The number of hydroxylamine groups is 1. The molecule has 3 unspecified atom stereocenters. The lowest BCUT2D eigenvalue weighted by Crippen LogP contribution is -2.63. The molecule has 2 saturated heterocycles. The van der Waals surface area contributed by atoms with Crippen LogP contribution in [0.3, 0.4) is 0 Å². The summed E-state index contributed by atoms with van der Waals surface area (Å²) in [4.78, 5) is 39.3. The molecule has 2 bridgehead atoms. The summed E-state index contributed by atoms with van der Waals surface area (Å²) in [6.45, 7) is 0. The highest BCUT2D eigenvalue weighted by atomic mass is 35.5. The Bertz CT molecular complexity index is 2030. The number of para-hydroxylation sites is 1. The zero-order valence-corrected chi connectivity index (χ0v) is 25.0. The van der Waals surface area contributed by atoms with Gasteiger partial charge in [-0.3, -0.25) is 14.4 Å². The van der Waals surface area contributed by atoms with Crippen LogP contribution in [0.4, 0.5) is 15.8 Å². The molecule has 2 aliphatic heterocycles. The lowest BCUT2D eigenvalue weighted by atomic mass is 9.43. The topological polar surface area (TPSA) is 49.9 Å². The van der Waals surface area contributed by atoms with E-state index >= 15 is 9.59 Å². The number of amides is 2. The highest BCUT2D eigenvalue weighted by Gasteiger charge is 2.88. The van der Waals surface area contributed by atoms with Crippen LogP contribution in [0.15, 0.2) is 121 Å². The van der Waals surface area contributed by atoms with Crippen LogP contribution in [-0.2, 0) is 14.4 Å². The van der Waals surface area contributed by atoms with Crippen molar-refractivity contribution in [3.05, 3.63) is 165 Å². The number of rotatable bonds is 3. The standard InChI is InChI=1S/C37H23Cl2FN2O3/c38-21-14-19-29(30(39)20-21)33-36-31-25-10-4-6-12-27(25)32(28-13-7-5-11-26(28)31)37(36,45-42(33)24-8-2-1-3-9-24)35(44)41(34(36)43)23-17-15-22(40)16-18-23/h1-20,31-33H. The van der Waals surface area contributed by atoms with Crippen LogP contribution in [0.25, 0.3) is 0 Å². The Morgan fingerprint density at radius 2 is 1.20 bits per heavy atom. The summed E-state index contributed by atoms with van der Waals surface area (Å²) >= 11 is 13.4. The Hall–Kier alpha value is -4.49. The van der Waals surface area contributed by atoms with Crippen LogP contribution in [-0.4, -0.2) is 17.4 Å². The zero-order valence-electron chi connectivity index (χ0n) is 23.5. The fourth-order valence-corrected chi connectivity index (χ4v) is 9.06. The molecule has 45 heavy (non-hydrogen) atoms. The van der Waals surface area contributed by atoms with Gasteiger partial charge in [0.05, 0.1) is 17.3 Å². The van der Waals surface area contributed by atoms with Crippen molar-refractivity contribution in [3.63, 3.8) is 0 Å². The fourth-order valence-electron chi connectivity index (χ4n) is 8.55. The molecule has 8 heteroatoms. The molecule has 5 nitrogen and oxygen atoms in total. The van der Waals surface area contributed by atoms with Gasteiger partial charge in [-0.1, -0.05) is 96.0 Å². The first-order chi connectivity index (χ1) is 21.9. The Labute approximate surface area is 268 Å². The molecular weight excluding hydrogens is 610 g/mol. The second-order valence-corrected chi connectivity index (χ2v) is 12.8. The van der Waals surface area contributed by atoms with Gasteiger partial charge >= 0.3 is 0 Å². The number of halogens is 3. The van der Waals surface area contributed by atoms with E-state index in [0.717, 1.165) is 22.3 Å². The third-order valence-corrected chi connectivity index (χ3v) is 10.6. The van der Waals surface area contributed by atoms with E-state index in [2.05, 4.69) is 0 Å². The third-order valence-electron chi connectivity index (χ3n) is 10.1. The molecule has 5 aliphatic rings. The molecule has 3 atom stereocenters. The van der Waals surface area contributed by atoms with Crippen molar-refractivity contribution in [1.82, 2.24) is 0 Å². The molecule has 0 N–H and O–H groups in total. The van der Waals surface area contributed by atoms with Crippen LogP contribution in [0, 0.1) is 11.2 Å². The molecule has 0 aromatic heterocycles. The van der Waals surface area contributed by atoms with Gasteiger partial charge in [-0.2, -0.15) is 0 Å². The van der Waals surface area contributed by atoms with Crippen molar-refractivity contribution in [3.8, 4) is 0 Å². The Kier molecular flexibility index (Phi) is 5.53. The lowest BCUT2D eigenvalue weighted by Gasteiger charge is -2.55. The second kappa shape index (κ2) is 9.27. The van der Waals surface area contributed by atoms with Crippen molar-refractivity contribution in [1.29, 1.82) is 0 Å². The van der Waals surface area contributed by atoms with Crippen LogP contribution >= 0.6 is 23.2 Å². The molecule has 2 heterocycles. The predicted molar refractivity (Wildman–Crippen MR) is 170 cm³/mol. The number of nitrogens with zero attached hydrogens (tertiary/aromatic N) is 2. The molecule has 2 fully saturated rings. The molecule has 0 saturated carbocycles. The quantitative estimate of drug-likeness (QED) is 0.188. The van der Waals surface area contributed by atoms with E-state index < -0.39 is 46.5 Å². The summed E-state index contributed by atoms with van der Waals surface area (Å²) < 4.78 is 14.1. The molecule has 5 aromatic rings. The summed E-state index contributed by atoms with van der Waals surface area (Å²) in [7, 11) is 0. The minimum Gasteiger partial charge on any atom is -0.273 e. The molecule has 2 amide bonds. The van der Waals surface area contributed by atoms with Gasteiger partial charge in [0.1, 0.15) is 17.3 Å². The van der Waals surface area contributed by atoms with E-state index in [1.165, 1.54) is 29.2 Å². The minimum absolute atomic E-state index is 0.282. The van der Waals surface area contributed by atoms with Crippen LogP contribution in [0.5, 0.6) is 0 Å². The van der Waals surface area contributed by atoms with E-state index in [1.54, 1.807) is 17.2 Å². The average molecular weight is 634 g/mol. The zero-order chi connectivity index (χ0) is 30.7. The molecule has 3 aliphatic carbocycles. The van der Waals surface area contributed by atoms with Crippen molar-refractivity contribution in [2.75, 3.05) is 9.96 Å². The van der Waals surface area contributed by atoms with Gasteiger partial charge in [-0.05, 0) is 76.3 Å². The SMILES string of the molecule is O=C1N(c2ccc(F)cc2)C(=O)C23C4c5ccccc5C(c5ccccc54)C12ON(c1ccccc1)C3c1ccc(Cl)cc1Cl. The van der Waals surface area contributed by atoms with Crippen LogP contribution < -0.4 is 9.96 Å². The van der Waals surface area contributed by atoms with Gasteiger partial charge in [0.15, 0.2) is 0 Å². The Balaban J connectivity index is 1.44. The van der Waals surface area contributed by atoms with E-state index in [0.29, 0.717) is 21.3 Å². The second-order valence-electron chi connectivity index (χ2n) is 12.0. The number of carbonyl (C=O) groups is 2. The Morgan fingerprint density at radius 3 is 1.80 bits per heavy atom. The smallest absolute Gasteiger partial charge is 0.271 e. The van der Waals surface area contributed by atoms with Crippen molar-refractivity contribution >= 4 is 46.4 Å². The monoisotopic (exact) mass is 632 g/mol.